The standard InChI is InChI=1S/C10H11N3/c11-13-8-4-2-6-10(13)9-5-1-3-7-12-9/h1-8,10H,11H2/t10-/m1/s1. The number of nitrogens with zero attached hydrogens (tertiary/aromatic N) is 2. The first-order valence-corrected chi connectivity index (χ1v) is 4.17. The van der Waals surface area contributed by atoms with E-state index >= 15 is 0 Å². The predicted molar refractivity (Wildman–Crippen MR) is 51.3 cm³/mol. The Labute approximate surface area is 77.2 Å². The molecule has 0 fully saturated rings. The molecule has 1 aromatic rings. The normalized spacial score (nSPS) is 20.7. The van der Waals surface area contributed by atoms with Gasteiger partial charge in [0.25, 0.3) is 0 Å². The van der Waals surface area contributed by atoms with Crippen molar-refractivity contribution < 1.29 is 0 Å². The maximum Gasteiger partial charge on any atom is 0.105 e. The number of hydrazine groups is 1. The Morgan fingerprint density at radius 3 is 2.92 bits per heavy atom. The van der Waals surface area contributed by atoms with Crippen LogP contribution in [0.5, 0.6) is 0 Å². The summed E-state index contributed by atoms with van der Waals surface area (Å²) in [6, 6.07) is 5.88. The first-order chi connectivity index (χ1) is 6.38. The quantitative estimate of drug-likeness (QED) is 0.652. The zero-order chi connectivity index (χ0) is 9.10. The van der Waals surface area contributed by atoms with E-state index in [9.17, 15) is 0 Å². The highest BCUT2D eigenvalue weighted by Gasteiger charge is 2.13. The third-order valence-corrected chi connectivity index (χ3v) is 1.97. The number of allylic oxidation sites excluding steroid dienone is 2. The fourth-order valence-electron chi connectivity index (χ4n) is 1.31. The maximum atomic E-state index is 5.77. The molecular formula is C10H11N3. The van der Waals surface area contributed by atoms with Crippen LogP contribution < -0.4 is 5.84 Å². The van der Waals surface area contributed by atoms with Crippen molar-refractivity contribution in [1.29, 1.82) is 0 Å². The molecule has 1 atom stereocenters. The van der Waals surface area contributed by atoms with Crippen LogP contribution in [0.1, 0.15) is 11.7 Å². The lowest BCUT2D eigenvalue weighted by Gasteiger charge is -2.24. The lowest BCUT2D eigenvalue weighted by atomic mass is 10.1. The molecule has 0 saturated carbocycles. The van der Waals surface area contributed by atoms with Crippen molar-refractivity contribution in [3.05, 3.63) is 54.5 Å². The Balaban J connectivity index is 2.27. The monoisotopic (exact) mass is 173 g/mol. The number of nitrogens with two attached hydrogens (primary N) is 1. The van der Waals surface area contributed by atoms with Gasteiger partial charge in [-0.2, -0.15) is 0 Å². The zero-order valence-electron chi connectivity index (χ0n) is 7.17. The maximum absolute atomic E-state index is 5.77. The van der Waals surface area contributed by atoms with Gasteiger partial charge in [-0.15, -0.1) is 0 Å². The summed E-state index contributed by atoms with van der Waals surface area (Å²) in [6.07, 6.45) is 9.50. The average molecular weight is 173 g/mol. The third-order valence-electron chi connectivity index (χ3n) is 1.97. The van der Waals surface area contributed by atoms with E-state index in [4.69, 9.17) is 5.84 Å². The van der Waals surface area contributed by atoms with Gasteiger partial charge >= 0.3 is 0 Å². The minimum absolute atomic E-state index is 0.0613. The molecular weight excluding hydrogens is 162 g/mol. The summed E-state index contributed by atoms with van der Waals surface area (Å²) in [5, 5.41) is 1.64. The summed E-state index contributed by atoms with van der Waals surface area (Å²) in [6.45, 7) is 0. The molecule has 66 valence electrons. The molecule has 0 aromatic carbocycles. The summed E-state index contributed by atoms with van der Waals surface area (Å²) >= 11 is 0. The highest BCUT2D eigenvalue weighted by molar-refractivity contribution is 5.21. The fourth-order valence-corrected chi connectivity index (χ4v) is 1.31. The molecule has 0 saturated heterocycles. The first-order valence-electron chi connectivity index (χ1n) is 4.17. The lowest BCUT2D eigenvalue weighted by molar-refractivity contribution is 0.328. The van der Waals surface area contributed by atoms with Gasteiger partial charge in [-0.05, 0) is 18.2 Å². The zero-order valence-corrected chi connectivity index (χ0v) is 7.17. The van der Waals surface area contributed by atoms with Crippen molar-refractivity contribution in [1.82, 2.24) is 9.99 Å². The molecule has 1 aliphatic rings. The molecule has 13 heavy (non-hydrogen) atoms. The van der Waals surface area contributed by atoms with Gasteiger partial charge in [0.2, 0.25) is 0 Å². The smallest absolute Gasteiger partial charge is 0.105 e. The Morgan fingerprint density at radius 2 is 2.23 bits per heavy atom. The van der Waals surface area contributed by atoms with Crippen LogP contribution in [-0.2, 0) is 0 Å². The first kappa shape index (κ1) is 8.01. The Hall–Kier alpha value is -1.61. The number of pyridine rings is 1. The predicted octanol–water partition coefficient (Wildman–Crippen LogP) is 1.38. The van der Waals surface area contributed by atoms with E-state index in [1.54, 1.807) is 11.2 Å². The molecule has 0 bridgehead atoms. The van der Waals surface area contributed by atoms with E-state index in [2.05, 4.69) is 4.98 Å². The molecule has 0 amide bonds. The Morgan fingerprint density at radius 1 is 1.31 bits per heavy atom. The van der Waals surface area contributed by atoms with Crippen LogP contribution in [0.4, 0.5) is 0 Å². The van der Waals surface area contributed by atoms with Gasteiger partial charge in [-0.3, -0.25) is 4.98 Å². The summed E-state index contributed by atoms with van der Waals surface area (Å²) in [5.41, 5.74) is 0.964. The minimum Gasteiger partial charge on any atom is -0.305 e. The van der Waals surface area contributed by atoms with E-state index in [0.29, 0.717) is 0 Å². The van der Waals surface area contributed by atoms with Gasteiger partial charge in [0.05, 0.1) is 5.69 Å². The molecule has 0 aliphatic carbocycles. The Bertz CT molecular complexity index is 329. The lowest BCUT2D eigenvalue weighted by Crippen LogP contribution is -2.30. The molecule has 1 aromatic heterocycles. The molecule has 3 heteroatoms. The molecule has 2 heterocycles. The van der Waals surface area contributed by atoms with Gasteiger partial charge in [0, 0.05) is 12.4 Å². The number of rotatable bonds is 1. The second-order valence-electron chi connectivity index (χ2n) is 2.87. The summed E-state index contributed by atoms with van der Waals surface area (Å²) < 4.78 is 0. The van der Waals surface area contributed by atoms with Crippen LogP contribution >= 0.6 is 0 Å². The third kappa shape index (κ3) is 1.60. The number of aromatic nitrogens is 1. The SMILES string of the molecule is NN1C=CC=C[C@@H]1c1ccccn1. The van der Waals surface area contributed by atoms with Crippen molar-refractivity contribution in [2.75, 3.05) is 0 Å². The van der Waals surface area contributed by atoms with E-state index in [1.165, 1.54) is 0 Å². The Kier molecular flexibility index (Phi) is 2.10. The van der Waals surface area contributed by atoms with E-state index in [1.807, 2.05) is 42.6 Å². The van der Waals surface area contributed by atoms with Crippen molar-refractivity contribution in [2.24, 2.45) is 5.84 Å². The van der Waals surface area contributed by atoms with Gasteiger partial charge in [-0.25, -0.2) is 5.84 Å². The van der Waals surface area contributed by atoms with Crippen molar-refractivity contribution in [3.63, 3.8) is 0 Å². The van der Waals surface area contributed by atoms with Crippen LogP contribution in [0.3, 0.4) is 0 Å². The molecule has 2 rings (SSSR count). The molecule has 1 aliphatic heterocycles. The van der Waals surface area contributed by atoms with Crippen molar-refractivity contribution in [3.8, 4) is 0 Å². The van der Waals surface area contributed by atoms with Crippen molar-refractivity contribution in [2.45, 2.75) is 6.04 Å². The second-order valence-corrected chi connectivity index (χ2v) is 2.87. The van der Waals surface area contributed by atoms with E-state index in [0.717, 1.165) is 5.69 Å². The molecule has 3 nitrogen and oxygen atoms in total. The van der Waals surface area contributed by atoms with Crippen LogP contribution in [0.25, 0.3) is 0 Å². The van der Waals surface area contributed by atoms with Crippen LogP contribution in [0.15, 0.2) is 48.8 Å². The van der Waals surface area contributed by atoms with Gasteiger partial charge in [-0.1, -0.05) is 18.2 Å². The summed E-state index contributed by atoms with van der Waals surface area (Å²) in [7, 11) is 0. The molecule has 0 radical (unpaired) electrons. The number of hydrogen-bond donors (Lipinski definition) is 1. The summed E-state index contributed by atoms with van der Waals surface area (Å²) in [5.74, 6) is 5.77. The molecule has 0 unspecified atom stereocenters. The summed E-state index contributed by atoms with van der Waals surface area (Å²) in [4.78, 5) is 4.25. The largest absolute Gasteiger partial charge is 0.305 e. The highest BCUT2D eigenvalue weighted by atomic mass is 15.4. The second kappa shape index (κ2) is 3.41. The van der Waals surface area contributed by atoms with Crippen molar-refractivity contribution >= 4 is 0 Å². The van der Waals surface area contributed by atoms with Gasteiger partial charge < -0.3 is 5.01 Å². The van der Waals surface area contributed by atoms with Crippen LogP contribution in [0.2, 0.25) is 0 Å². The van der Waals surface area contributed by atoms with Crippen LogP contribution in [-0.4, -0.2) is 9.99 Å². The fraction of sp³-hybridized carbons (Fsp3) is 0.100. The van der Waals surface area contributed by atoms with E-state index in [-0.39, 0.29) is 6.04 Å². The topological polar surface area (TPSA) is 42.1 Å². The van der Waals surface area contributed by atoms with Crippen LogP contribution in [0, 0.1) is 0 Å². The average Bonchev–Trinajstić information content (AvgIpc) is 2.20. The highest BCUT2D eigenvalue weighted by Crippen LogP contribution is 2.19. The van der Waals surface area contributed by atoms with E-state index < -0.39 is 0 Å². The molecule has 0 spiro atoms. The van der Waals surface area contributed by atoms with Gasteiger partial charge in [0.1, 0.15) is 6.04 Å². The van der Waals surface area contributed by atoms with Gasteiger partial charge in [0.15, 0.2) is 0 Å². The number of hydrogen-bond acceptors (Lipinski definition) is 3. The minimum atomic E-state index is 0.0613. The molecule has 2 N–H and O–H groups in total.